The lowest BCUT2D eigenvalue weighted by molar-refractivity contribution is 0.100. The van der Waals surface area contributed by atoms with Crippen molar-refractivity contribution in [3.8, 4) is 0 Å². The summed E-state index contributed by atoms with van der Waals surface area (Å²) in [4.78, 5) is 98.7. The van der Waals surface area contributed by atoms with Gasteiger partial charge in [-0.05, 0) is 253 Å². The minimum absolute atomic E-state index is 0.0185. The van der Waals surface area contributed by atoms with Crippen molar-refractivity contribution in [2.45, 2.75) is 158 Å². The summed E-state index contributed by atoms with van der Waals surface area (Å²) < 4.78 is 320. The number of carbonyl (C=O) groups excluding carboxylic acids is 8. The van der Waals surface area contributed by atoms with Gasteiger partial charge in [0.05, 0.1) is 53.7 Å². The predicted octanol–water partition coefficient (Wildman–Crippen LogP) is 16.9. The highest BCUT2D eigenvalue weighted by atomic mass is 32.2. The molecule has 40 heteroatoms. The maximum absolute atomic E-state index is 13.3. The topological polar surface area (TPSA) is 473 Å². The van der Waals surface area contributed by atoms with Crippen molar-refractivity contribution in [2.24, 2.45) is 0 Å². The number of aromatic nitrogens is 4. The fraction of sp³-hybridized carbons (Fsp3) is 0.250. The number of Topliss-reactive ketones (excluding diaryl/α,β-unsaturated/α-hetero) is 4. The third-order valence-electron chi connectivity index (χ3n) is 16.6. The molecule has 12 aromatic rings. The van der Waals surface area contributed by atoms with Crippen molar-refractivity contribution in [1.29, 1.82) is 0 Å². The molecule has 0 unspecified atom stereocenters. The summed E-state index contributed by atoms with van der Waals surface area (Å²) in [5.41, 5.74) is -3.54. The highest BCUT2D eigenvalue weighted by Crippen LogP contribution is 2.36. The van der Waals surface area contributed by atoms with Gasteiger partial charge in [0, 0.05) is 69.2 Å². The first-order chi connectivity index (χ1) is 65.9. The smallest absolute Gasteiger partial charge is 0.267 e. The fourth-order valence-corrected chi connectivity index (χ4v) is 19.8. The van der Waals surface area contributed by atoms with Crippen LogP contribution in [-0.2, 0) is 40.1 Å². The number of thiophene rings is 4. The summed E-state index contributed by atoms with van der Waals surface area (Å²) in [5, 5.41) is 29.1. The predicted molar refractivity (Wildman–Crippen MR) is 460 cm³/mol. The van der Waals surface area contributed by atoms with Gasteiger partial charge < -0.3 is 39.4 Å². The van der Waals surface area contributed by atoms with Crippen LogP contribution in [-0.4, -0.2) is 101 Å². The standard InChI is InChI=1S/4C20H21N3O5S2/c4*1-10-8-11(2)17(15(9-10)14(5)24)21-19(25)18-16(6-7-29-18)30(26,27)23-20-12(3)13(4)22-28-20/h4*6-9,23H,1-5H3,(H,21,25)/i1D3,2D3,3D3,8D;3D3,8D,9D;1D3,2D3,8D;8D,9D. The number of carbonyl (C=O) groups is 8. The zero-order valence-corrected chi connectivity index (χ0v) is 71.5. The van der Waals surface area contributed by atoms with E-state index in [0.29, 0.717) is 45.0 Å². The van der Waals surface area contributed by atoms with Crippen LogP contribution >= 0.6 is 45.3 Å². The van der Waals surface area contributed by atoms with E-state index < -0.39 is 227 Å². The molecule has 4 aromatic carbocycles. The normalized spacial score (nSPS) is 14.9. The first-order valence-electron chi connectivity index (χ1n) is 45.9. The molecule has 632 valence electrons. The van der Waals surface area contributed by atoms with E-state index in [4.69, 9.17) is 51.0 Å². The summed E-state index contributed by atoms with van der Waals surface area (Å²) in [6, 6.07) is 4.01. The monoisotopic (exact) mass is 1810 g/mol. The van der Waals surface area contributed by atoms with Gasteiger partial charge in [-0.25, -0.2) is 52.6 Å². The first-order valence-corrected chi connectivity index (χ1v) is 43.4. The number of ketones is 4. The number of aryl methyl sites for hydroxylation is 6. The molecule has 0 aliphatic rings. The number of rotatable bonds is 24. The third-order valence-corrected chi connectivity index (χ3v) is 26.3. The Labute approximate surface area is 741 Å². The number of hydrogen-bond acceptors (Lipinski definition) is 28. The van der Waals surface area contributed by atoms with E-state index in [9.17, 15) is 72.0 Å². The highest BCUT2D eigenvalue weighted by Gasteiger charge is 2.33. The summed E-state index contributed by atoms with van der Waals surface area (Å²) >= 11 is 3.03. The minimum atomic E-state index is -4.68. The number of benzene rings is 4. The molecule has 0 aliphatic heterocycles. The Balaban J connectivity index is 0.000000215. The Bertz CT molecular complexity index is 7710. The molecule has 0 bridgehead atoms. The van der Waals surface area contributed by atoms with Crippen LogP contribution in [0.1, 0.15) is 230 Å². The SMILES string of the molecule is [2H]c1c(C([2H])([2H])[2H])cc(C(C)=O)c(NC(=O)c2sccc2S(=O)(=O)Nc2onc(C)c2C([2H])([2H])[2H])c1C([2H])([2H])[2H].[2H]c1c(C([2H])([2H])[2H])cc(C(C)=O)c(NC(=O)c2sccc2S(=O)(=O)Nc2onc(C)c2C)c1C([2H])([2H])[2H].[2H]c1c(C)c([2H])c(C(C)=O)c(NC(=O)c2sccc2S(=O)(=O)Nc2onc(C)c2C([2H])([2H])[2H])c1C.[2H]c1c(C)c([2H])c(C(C)=O)c(NC(=O)c2sccc2S(=O)(=O)Nc2onc(C)c2C)c1C. The maximum atomic E-state index is 13.3. The van der Waals surface area contributed by atoms with E-state index in [1.165, 1.54) is 69.1 Å². The van der Waals surface area contributed by atoms with Gasteiger partial charge in [-0.2, -0.15) is 0 Å². The maximum Gasteiger partial charge on any atom is 0.267 e. The quantitative estimate of drug-likeness (QED) is 0.0260. The van der Waals surface area contributed by atoms with Gasteiger partial charge in [0.1, 0.15) is 39.1 Å². The second kappa shape index (κ2) is 37.2. The molecule has 0 atom stereocenters. The van der Waals surface area contributed by atoms with Gasteiger partial charge in [-0.3, -0.25) is 38.4 Å². The summed E-state index contributed by atoms with van der Waals surface area (Å²) in [6.45, 7) is 2.15. The van der Waals surface area contributed by atoms with Crippen LogP contribution in [0.5, 0.6) is 0 Å². The van der Waals surface area contributed by atoms with E-state index >= 15 is 0 Å². The molecule has 8 heterocycles. The Hall–Kier alpha value is -11.9. The Morgan fingerprint density at radius 3 is 0.792 bits per heavy atom. The molecule has 12 rings (SSSR count). The Morgan fingerprint density at radius 2 is 0.567 bits per heavy atom. The zero-order chi connectivity index (χ0) is 109. The van der Waals surface area contributed by atoms with Crippen LogP contribution in [0.25, 0.3) is 0 Å². The molecule has 120 heavy (non-hydrogen) atoms. The minimum Gasteiger partial charge on any atom is -0.337 e. The molecule has 0 radical (unpaired) electrons. The summed E-state index contributed by atoms with van der Waals surface area (Å²) in [6.07, 6.45) is 0. The van der Waals surface area contributed by atoms with E-state index in [2.05, 4.69) is 51.3 Å². The number of anilines is 8. The van der Waals surface area contributed by atoms with Crippen LogP contribution in [0.15, 0.2) is 132 Å². The number of nitrogens with one attached hydrogen (secondary N) is 8. The molecule has 0 aliphatic carbocycles. The molecule has 0 fully saturated rings. The first kappa shape index (κ1) is 63.2. The van der Waals surface area contributed by atoms with Crippen LogP contribution in [0.2, 0.25) is 0 Å². The van der Waals surface area contributed by atoms with Crippen molar-refractivity contribution in [1.82, 2.24) is 20.6 Å². The van der Waals surface area contributed by atoms with E-state index in [0.717, 1.165) is 78.2 Å². The summed E-state index contributed by atoms with van der Waals surface area (Å²) in [7, 11) is -17.7. The van der Waals surface area contributed by atoms with Crippen LogP contribution < -0.4 is 40.2 Å². The molecular formula is C80H84N12O20S8. The third kappa shape index (κ3) is 21.0. The molecule has 8 aromatic heterocycles. The van der Waals surface area contributed by atoms with Crippen LogP contribution in [0.3, 0.4) is 0 Å². The number of sulfonamides is 4. The lowest BCUT2D eigenvalue weighted by Crippen LogP contribution is -2.20. The molecule has 8 N–H and O–H groups in total. The van der Waals surface area contributed by atoms with Gasteiger partial charge in [0.25, 0.3) is 63.7 Å². The lowest BCUT2D eigenvalue weighted by Gasteiger charge is -2.14. The molecule has 4 amide bonds. The average Bonchev–Trinajstić information content (AvgIpc) is 1.11. The van der Waals surface area contributed by atoms with Crippen molar-refractivity contribution in [3.63, 3.8) is 0 Å². The van der Waals surface area contributed by atoms with E-state index in [-0.39, 0.29) is 100 Å². The number of nitrogens with zero attached hydrogens (tertiary/aromatic N) is 4. The van der Waals surface area contributed by atoms with Gasteiger partial charge in [0.2, 0.25) is 23.5 Å². The largest absolute Gasteiger partial charge is 0.337 e. The molecule has 0 spiro atoms. The fourth-order valence-electron chi connectivity index (χ4n) is 10.4. The van der Waals surface area contributed by atoms with Gasteiger partial charge >= 0.3 is 0 Å². The van der Waals surface area contributed by atoms with Gasteiger partial charge in [-0.15, -0.1) is 45.3 Å². The van der Waals surface area contributed by atoms with E-state index in [1.807, 2.05) is 9.44 Å². The lowest BCUT2D eigenvalue weighted by atomic mass is 10.0. The zero-order valence-electron chi connectivity index (χ0n) is 89.0. The highest BCUT2D eigenvalue weighted by molar-refractivity contribution is 7.94. The second-order valence-electron chi connectivity index (χ2n) is 25.5. The Kier molecular flexibility index (Phi) is 19.6. The molecular weight excluding hydrogens is 1710 g/mol. The number of hydrogen-bond donors (Lipinski definition) is 8. The van der Waals surface area contributed by atoms with Crippen LogP contribution in [0.4, 0.5) is 46.3 Å². The molecule has 32 nitrogen and oxygen atoms in total. The van der Waals surface area contributed by atoms with Crippen molar-refractivity contribution < 1.29 is 123 Å². The van der Waals surface area contributed by atoms with E-state index in [1.54, 1.807) is 41.5 Å². The Morgan fingerprint density at radius 1 is 0.325 bits per heavy atom. The van der Waals surface area contributed by atoms with Gasteiger partial charge in [-0.1, -0.05) is 44.8 Å². The van der Waals surface area contributed by atoms with Crippen molar-refractivity contribution in [2.75, 3.05) is 40.2 Å². The van der Waals surface area contributed by atoms with Crippen LogP contribution in [0, 0.1) is 110 Å². The average molecular weight is 1810 g/mol. The molecule has 0 saturated carbocycles. The van der Waals surface area contributed by atoms with Crippen molar-refractivity contribution in [3.05, 3.63) is 225 Å². The summed E-state index contributed by atoms with van der Waals surface area (Å²) in [5.74, 6) is -8.01. The molecule has 0 saturated heterocycles. The second-order valence-corrected chi connectivity index (χ2v) is 35.8. The number of amides is 4. The van der Waals surface area contributed by atoms with Gasteiger partial charge in [0.15, 0.2) is 23.1 Å². The van der Waals surface area contributed by atoms with Crippen molar-refractivity contribution >= 4 is 178 Å².